The highest BCUT2D eigenvalue weighted by atomic mass is 16.5. The van der Waals surface area contributed by atoms with Crippen LogP contribution in [0.3, 0.4) is 0 Å². The predicted octanol–water partition coefficient (Wildman–Crippen LogP) is 4.87. The van der Waals surface area contributed by atoms with Gasteiger partial charge in [0.05, 0.1) is 11.9 Å². The normalized spacial score (nSPS) is 11.2. The third-order valence-electron chi connectivity index (χ3n) is 4.87. The van der Waals surface area contributed by atoms with Crippen LogP contribution < -0.4 is 4.74 Å². The van der Waals surface area contributed by atoms with Gasteiger partial charge in [0.2, 0.25) is 0 Å². The molecule has 0 unspecified atom stereocenters. The number of rotatable bonds is 7. The summed E-state index contributed by atoms with van der Waals surface area (Å²) in [5.41, 5.74) is 4.45. The first-order valence-corrected chi connectivity index (χ1v) is 9.89. The van der Waals surface area contributed by atoms with Gasteiger partial charge in [0, 0.05) is 11.8 Å². The summed E-state index contributed by atoms with van der Waals surface area (Å²) in [6, 6.07) is 17.9. The molecule has 30 heavy (non-hydrogen) atoms. The SMILES string of the molecule is CC(C)Cc1c(-c2ccc(OCc3ccccc3)cc2)cnc2c(C(=O)O)cnn12. The van der Waals surface area contributed by atoms with Gasteiger partial charge in [-0.05, 0) is 35.6 Å². The van der Waals surface area contributed by atoms with E-state index in [0.717, 1.165) is 34.6 Å². The maximum absolute atomic E-state index is 11.5. The molecule has 6 heteroatoms. The average Bonchev–Trinajstić information content (AvgIpc) is 3.18. The van der Waals surface area contributed by atoms with Gasteiger partial charge in [0.15, 0.2) is 5.65 Å². The monoisotopic (exact) mass is 401 g/mol. The Labute approximate surface area is 174 Å². The van der Waals surface area contributed by atoms with Crippen LogP contribution in [0.25, 0.3) is 16.8 Å². The molecule has 0 spiro atoms. The Balaban J connectivity index is 1.65. The Morgan fingerprint density at radius 1 is 1.07 bits per heavy atom. The van der Waals surface area contributed by atoms with Gasteiger partial charge in [0.1, 0.15) is 17.9 Å². The number of carboxylic acids is 1. The van der Waals surface area contributed by atoms with Crippen LogP contribution >= 0.6 is 0 Å². The lowest BCUT2D eigenvalue weighted by molar-refractivity contribution is 0.0698. The molecule has 0 aliphatic rings. The summed E-state index contributed by atoms with van der Waals surface area (Å²) in [5.74, 6) is 0.135. The molecule has 0 aliphatic heterocycles. The minimum Gasteiger partial charge on any atom is -0.489 e. The first-order chi connectivity index (χ1) is 14.5. The van der Waals surface area contributed by atoms with E-state index in [2.05, 4.69) is 23.9 Å². The fraction of sp³-hybridized carbons (Fsp3) is 0.208. The topological polar surface area (TPSA) is 76.7 Å². The Morgan fingerprint density at radius 3 is 2.47 bits per heavy atom. The Morgan fingerprint density at radius 2 is 1.80 bits per heavy atom. The zero-order valence-electron chi connectivity index (χ0n) is 16.9. The Bertz CT molecular complexity index is 1170. The van der Waals surface area contributed by atoms with Gasteiger partial charge in [-0.1, -0.05) is 56.3 Å². The lowest BCUT2D eigenvalue weighted by atomic mass is 9.99. The molecule has 0 saturated carbocycles. The summed E-state index contributed by atoms with van der Waals surface area (Å²) in [6.45, 7) is 4.76. The van der Waals surface area contributed by atoms with Crippen molar-refractivity contribution in [3.05, 3.63) is 83.8 Å². The second-order valence-electron chi connectivity index (χ2n) is 7.61. The van der Waals surface area contributed by atoms with Gasteiger partial charge in [-0.2, -0.15) is 5.10 Å². The van der Waals surface area contributed by atoms with Crippen molar-refractivity contribution in [3.63, 3.8) is 0 Å². The van der Waals surface area contributed by atoms with Gasteiger partial charge in [0.25, 0.3) is 0 Å². The van der Waals surface area contributed by atoms with Crippen LogP contribution in [0.15, 0.2) is 67.0 Å². The number of ether oxygens (including phenoxy) is 1. The van der Waals surface area contributed by atoms with Gasteiger partial charge >= 0.3 is 5.97 Å². The van der Waals surface area contributed by atoms with Crippen molar-refractivity contribution in [1.82, 2.24) is 14.6 Å². The van der Waals surface area contributed by atoms with E-state index in [1.54, 1.807) is 10.7 Å². The number of carboxylic acid groups (broad SMARTS) is 1. The van der Waals surface area contributed by atoms with Crippen LogP contribution in [0.1, 0.15) is 35.5 Å². The van der Waals surface area contributed by atoms with Gasteiger partial charge < -0.3 is 9.84 Å². The maximum Gasteiger partial charge on any atom is 0.341 e. The molecule has 0 radical (unpaired) electrons. The van der Waals surface area contributed by atoms with Crippen LogP contribution in [0.2, 0.25) is 0 Å². The molecule has 0 saturated heterocycles. The minimum absolute atomic E-state index is 0.108. The van der Waals surface area contributed by atoms with E-state index in [-0.39, 0.29) is 5.56 Å². The summed E-state index contributed by atoms with van der Waals surface area (Å²) in [4.78, 5) is 15.9. The number of aromatic nitrogens is 3. The van der Waals surface area contributed by atoms with Crippen LogP contribution in [0, 0.1) is 5.92 Å². The minimum atomic E-state index is -1.03. The quantitative estimate of drug-likeness (QED) is 0.478. The summed E-state index contributed by atoms with van der Waals surface area (Å²) < 4.78 is 7.53. The van der Waals surface area contributed by atoms with Crippen molar-refractivity contribution in [2.45, 2.75) is 26.9 Å². The van der Waals surface area contributed by atoms with Gasteiger partial charge in [-0.15, -0.1) is 0 Å². The lowest BCUT2D eigenvalue weighted by Gasteiger charge is -2.14. The Hall–Kier alpha value is -3.67. The van der Waals surface area contributed by atoms with Crippen molar-refractivity contribution in [1.29, 1.82) is 0 Å². The predicted molar refractivity (Wildman–Crippen MR) is 115 cm³/mol. The molecule has 1 N–H and O–H groups in total. The van der Waals surface area contributed by atoms with Crippen molar-refractivity contribution < 1.29 is 14.6 Å². The van der Waals surface area contributed by atoms with Crippen molar-refractivity contribution in [2.75, 3.05) is 0 Å². The first-order valence-electron chi connectivity index (χ1n) is 9.89. The molecule has 6 nitrogen and oxygen atoms in total. The molecule has 0 bridgehead atoms. The summed E-state index contributed by atoms with van der Waals surface area (Å²) in [7, 11) is 0. The van der Waals surface area contributed by atoms with E-state index in [1.165, 1.54) is 6.20 Å². The summed E-state index contributed by atoms with van der Waals surface area (Å²) in [6.07, 6.45) is 3.85. The zero-order chi connectivity index (χ0) is 21.1. The molecule has 152 valence electrons. The molecular formula is C24H23N3O3. The third-order valence-corrected chi connectivity index (χ3v) is 4.87. The van der Waals surface area contributed by atoms with Crippen molar-refractivity contribution >= 4 is 11.6 Å². The number of hydrogen-bond acceptors (Lipinski definition) is 4. The van der Waals surface area contributed by atoms with E-state index >= 15 is 0 Å². The Kier molecular flexibility index (Phi) is 5.48. The van der Waals surface area contributed by atoms with E-state index < -0.39 is 5.97 Å². The van der Waals surface area contributed by atoms with Crippen molar-refractivity contribution in [2.24, 2.45) is 5.92 Å². The highest BCUT2D eigenvalue weighted by molar-refractivity contribution is 5.94. The molecule has 0 aliphatic carbocycles. The first kappa shape index (κ1) is 19.6. The molecule has 2 aromatic carbocycles. The third kappa shape index (κ3) is 4.03. The number of aromatic carboxylic acids is 1. The maximum atomic E-state index is 11.5. The summed E-state index contributed by atoms with van der Waals surface area (Å²) >= 11 is 0. The second kappa shape index (κ2) is 8.37. The highest BCUT2D eigenvalue weighted by Crippen LogP contribution is 2.28. The van der Waals surface area contributed by atoms with Crippen LogP contribution in [0.5, 0.6) is 5.75 Å². The van der Waals surface area contributed by atoms with Crippen molar-refractivity contribution in [3.8, 4) is 16.9 Å². The molecule has 4 rings (SSSR count). The smallest absolute Gasteiger partial charge is 0.341 e. The van der Waals surface area contributed by atoms with E-state index in [0.29, 0.717) is 18.2 Å². The standard InChI is InChI=1S/C24H23N3O3/c1-16(2)12-22-20(13-25-23-21(24(28)29)14-26-27(22)23)18-8-10-19(11-9-18)30-15-17-6-4-3-5-7-17/h3-11,13-14,16H,12,15H2,1-2H3,(H,28,29). The van der Waals surface area contributed by atoms with Crippen LogP contribution in [0.4, 0.5) is 0 Å². The van der Waals surface area contributed by atoms with Crippen LogP contribution in [-0.4, -0.2) is 25.7 Å². The molecule has 4 aromatic rings. The highest BCUT2D eigenvalue weighted by Gasteiger charge is 2.18. The zero-order valence-corrected chi connectivity index (χ0v) is 16.9. The van der Waals surface area contributed by atoms with E-state index in [1.807, 2.05) is 54.6 Å². The van der Waals surface area contributed by atoms with E-state index in [4.69, 9.17) is 4.74 Å². The number of benzene rings is 2. The van der Waals surface area contributed by atoms with Gasteiger partial charge in [-0.3, -0.25) is 0 Å². The molecule has 0 fully saturated rings. The second-order valence-corrected chi connectivity index (χ2v) is 7.61. The fourth-order valence-corrected chi connectivity index (χ4v) is 3.42. The van der Waals surface area contributed by atoms with Crippen LogP contribution in [-0.2, 0) is 13.0 Å². The lowest BCUT2D eigenvalue weighted by Crippen LogP contribution is -2.08. The molecule has 0 amide bonds. The molecule has 0 atom stereocenters. The number of nitrogens with zero attached hydrogens (tertiary/aromatic N) is 3. The summed E-state index contributed by atoms with van der Waals surface area (Å²) in [5, 5.41) is 13.7. The average molecular weight is 401 g/mol. The molecular weight excluding hydrogens is 378 g/mol. The number of carbonyl (C=O) groups is 1. The van der Waals surface area contributed by atoms with Gasteiger partial charge in [-0.25, -0.2) is 14.3 Å². The largest absolute Gasteiger partial charge is 0.489 e. The number of fused-ring (bicyclic) bond motifs is 1. The fourth-order valence-electron chi connectivity index (χ4n) is 3.42. The molecule has 2 heterocycles. The number of hydrogen-bond donors (Lipinski definition) is 1. The molecule has 2 aromatic heterocycles. The van der Waals surface area contributed by atoms with E-state index in [9.17, 15) is 9.90 Å².